The van der Waals surface area contributed by atoms with Gasteiger partial charge in [0.25, 0.3) is 0 Å². The van der Waals surface area contributed by atoms with Gasteiger partial charge < -0.3 is 15.2 Å². The largest absolute Gasteiger partial charge is 0.493 e. The summed E-state index contributed by atoms with van der Waals surface area (Å²) in [6.45, 7) is 1.90. The van der Waals surface area contributed by atoms with Gasteiger partial charge in [0.05, 0.1) is 13.2 Å². The van der Waals surface area contributed by atoms with Gasteiger partial charge in [-0.25, -0.2) is 0 Å². The number of rotatable bonds is 4. The zero-order valence-electron chi connectivity index (χ0n) is 10.9. The van der Waals surface area contributed by atoms with E-state index in [1.54, 1.807) is 13.2 Å². The molecule has 2 rings (SSSR count). The Morgan fingerprint density at radius 3 is 2.56 bits per heavy atom. The number of ether oxygens (including phenoxy) is 2. The van der Waals surface area contributed by atoms with Crippen LogP contribution in [0.1, 0.15) is 44.2 Å². The fourth-order valence-corrected chi connectivity index (χ4v) is 2.76. The summed E-state index contributed by atoms with van der Waals surface area (Å²) in [6.07, 6.45) is 4.89. The van der Waals surface area contributed by atoms with Crippen LogP contribution >= 0.6 is 11.6 Å². The number of hydrogen-bond donors (Lipinski definition) is 1. The summed E-state index contributed by atoms with van der Waals surface area (Å²) >= 11 is 6.22. The highest BCUT2D eigenvalue weighted by Gasteiger charge is 2.23. The Hall–Kier alpha value is -0.930. The number of nitrogens with two attached hydrogens (primary N) is 1. The Kier molecular flexibility index (Phi) is 4.36. The van der Waals surface area contributed by atoms with Gasteiger partial charge in [-0.2, -0.15) is 0 Å². The molecular weight excluding hydrogens is 250 g/mol. The van der Waals surface area contributed by atoms with Gasteiger partial charge in [0.2, 0.25) is 0 Å². The van der Waals surface area contributed by atoms with Crippen LogP contribution in [0.5, 0.6) is 11.5 Å². The van der Waals surface area contributed by atoms with Crippen molar-refractivity contribution in [3.8, 4) is 11.5 Å². The number of methoxy groups -OCH3 is 1. The highest BCUT2D eigenvalue weighted by atomic mass is 35.5. The zero-order chi connectivity index (χ0) is 13.1. The van der Waals surface area contributed by atoms with Crippen LogP contribution in [-0.2, 0) is 0 Å². The lowest BCUT2D eigenvalue weighted by molar-refractivity contribution is 0.198. The van der Waals surface area contributed by atoms with E-state index in [9.17, 15) is 0 Å². The molecule has 3 nitrogen and oxygen atoms in total. The third-order valence-electron chi connectivity index (χ3n) is 3.37. The quantitative estimate of drug-likeness (QED) is 0.907. The summed E-state index contributed by atoms with van der Waals surface area (Å²) in [5.41, 5.74) is 6.83. The average molecular weight is 270 g/mol. The molecule has 0 heterocycles. The van der Waals surface area contributed by atoms with E-state index in [0.29, 0.717) is 16.5 Å². The fraction of sp³-hybridized carbons (Fsp3) is 0.571. The van der Waals surface area contributed by atoms with Gasteiger partial charge >= 0.3 is 0 Å². The monoisotopic (exact) mass is 269 g/mol. The summed E-state index contributed by atoms with van der Waals surface area (Å²) in [5, 5.41) is 0.638. The van der Waals surface area contributed by atoms with E-state index >= 15 is 0 Å². The van der Waals surface area contributed by atoms with Gasteiger partial charge in [0.15, 0.2) is 11.5 Å². The molecule has 100 valence electrons. The summed E-state index contributed by atoms with van der Waals surface area (Å²) in [6, 6.07) is 3.46. The Labute approximate surface area is 113 Å². The minimum absolute atomic E-state index is 0.177. The molecule has 0 saturated heterocycles. The van der Waals surface area contributed by atoms with Gasteiger partial charge in [-0.15, -0.1) is 0 Å². The third-order valence-corrected chi connectivity index (χ3v) is 3.70. The lowest BCUT2D eigenvalue weighted by Gasteiger charge is -2.21. The van der Waals surface area contributed by atoms with Crippen molar-refractivity contribution in [1.29, 1.82) is 0 Å². The first-order valence-corrected chi connectivity index (χ1v) is 6.80. The van der Waals surface area contributed by atoms with Gasteiger partial charge in [-0.1, -0.05) is 11.6 Å². The minimum atomic E-state index is -0.177. The molecule has 1 aliphatic rings. The molecule has 1 aliphatic carbocycles. The first kappa shape index (κ1) is 13.5. The van der Waals surface area contributed by atoms with Crippen LogP contribution < -0.4 is 15.2 Å². The van der Waals surface area contributed by atoms with Gasteiger partial charge in [-0.3, -0.25) is 0 Å². The SMILES string of the molecule is COc1ccc(Cl)c(C(C)N)c1OC1CCCC1. The number of hydrogen-bond acceptors (Lipinski definition) is 3. The van der Waals surface area contributed by atoms with E-state index in [-0.39, 0.29) is 12.1 Å². The lowest BCUT2D eigenvalue weighted by atomic mass is 10.1. The molecule has 0 amide bonds. The predicted molar refractivity (Wildman–Crippen MR) is 73.5 cm³/mol. The molecule has 2 N–H and O–H groups in total. The first-order chi connectivity index (χ1) is 8.63. The van der Waals surface area contributed by atoms with Crippen molar-refractivity contribution in [3.05, 3.63) is 22.7 Å². The van der Waals surface area contributed by atoms with Crippen molar-refractivity contribution in [3.63, 3.8) is 0 Å². The Balaban J connectivity index is 2.36. The van der Waals surface area contributed by atoms with Crippen LogP contribution in [0.4, 0.5) is 0 Å². The standard InChI is InChI=1S/C14H20ClNO2/c1-9(16)13-11(15)7-8-12(17-2)14(13)18-10-5-3-4-6-10/h7-10H,3-6,16H2,1-2H3. The summed E-state index contributed by atoms with van der Waals surface area (Å²) in [5.74, 6) is 1.42. The number of benzene rings is 1. The van der Waals surface area contributed by atoms with Crippen LogP contribution in [0.3, 0.4) is 0 Å². The molecule has 1 saturated carbocycles. The molecule has 1 atom stereocenters. The third kappa shape index (κ3) is 2.73. The maximum Gasteiger partial charge on any atom is 0.167 e. The molecule has 0 aromatic heterocycles. The van der Waals surface area contributed by atoms with Crippen molar-refractivity contribution in [2.45, 2.75) is 44.8 Å². The molecule has 18 heavy (non-hydrogen) atoms. The maximum atomic E-state index is 6.22. The molecule has 1 unspecified atom stereocenters. The Morgan fingerprint density at radius 1 is 1.33 bits per heavy atom. The van der Waals surface area contributed by atoms with E-state index in [4.69, 9.17) is 26.8 Å². The minimum Gasteiger partial charge on any atom is -0.493 e. The topological polar surface area (TPSA) is 44.5 Å². The van der Waals surface area contributed by atoms with Crippen molar-refractivity contribution < 1.29 is 9.47 Å². The molecule has 1 fully saturated rings. The molecule has 0 radical (unpaired) electrons. The van der Waals surface area contributed by atoms with Crippen LogP contribution in [0.15, 0.2) is 12.1 Å². The van der Waals surface area contributed by atoms with Crippen LogP contribution in [0, 0.1) is 0 Å². The molecule has 4 heteroatoms. The summed E-state index contributed by atoms with van der Waals surface area (Å²) in [4.78, 5) is 0. The molecule has 0 bridgehead atoms. The second-order valence-electron chi connectivity index (χ2n) is 4.81. The predicted octanol–water partition coefficient (Wildman–Crippen LogP) is 3.69. The van der Waals surface area contributed by atoms with Gasteiger partial charge in [0, 0.05) is 16.6 Å². The van der Waals surface area contributed by atoms with Gasteiger partial charge in [-0.05, 0) is 44.7 Å². The fourth-order valence-electron chi connectivity index (χ4n) is 2.43. The normalized spacial score (nSPS) is 17.8. The molecule has 1 aromatic carbocycles. The van der Waals surface area contributed by atoms with Gasteiger partial charge in [0.1, 0.15) is 0 Å². The molecular formula is C14H20ClNO2. The summed E-state index contributed by atoms with van der Waals surface area (Å²) in [7, 11) is 1.63. The Morgan fingerprint density at radius 2 is 2.00 bits per heavy atom. The van der Waals surface area contributed by atoms with Crippen LogP contribution in [0.25, 0.3) is 0 Å². The maximum absolute atomic E-state index is 6.22. The van der Waals surface area contributed by atoms with E-state index in [0.717, 1.165) is 18.4 Å². The molecule has 1 aromatic rings. The first-order valence-electron chi connectivity index (χ1n) is 6.42. The Bertz CT molecular complexity index is 415. The second kappa shape index (κ2) is 5.81. The van der Waals surface area contributed by atoms with E-state index in [1.165, 1.54) is 12.8 Å². The average Bonchev–Trinajstić information content (AvgIpc) is 2.82. The van der Waals surface area contributed by atoms with E-state index < -0.39 is 0 Å². The van der Waals surface area contributed by atoms with Crippen LogP contribution in [0.2, 0.25) is 5.02 Å². The second-order valence-corrected chi connectivity index (χ2v) is 5.21. The van der Waals surface area contributed by atoms with Crippen molar-refractivity contribution in [1.82, 2.24) is 0 Å². The lowest BCUT2D eigenvalue weighted by Crippen LogP contribution is -2.16. The zero-order valence-corrected chi connectivity index (χ0v) is 11.7. The van der Waals surface area contributed by atoms with E-state index in [2.05, 4.69) is 0 Å². The highest BCUT2D eigenvalue weighted by Crippen LogP contribution is 2.41. The highest BCUT2D eigenvalue weighted by molar-refractivity contribution is 6.31. The molecule has 0 aliphatic heterocycles. The van der Waals surface area contributed by atoms with E-state index in [1.807, 2.05) is 13.0 Å². The van der Waals surface area contributed by atoms with Crippen molar-refractivity contribution >= 4 is 11.6 Å². The van der Waals surface area contributed by atoms with Crippen LogP contribution in [-0.4, -0.2) is 13.2 Å². The number of halogens is 1. The summed E-state index contributed by atoms with van der Waals surface area (Å²) < 4.78 is 11.4. The van der Waals surface area contributed by atoms with Crippen molar-refractivity contribution in [2.75, 3.05) is 7.11 Å². The smallest absolute Gasteiger partial charge is 0.167 e. The van der Waals surface area contributed by atoms with Crippen molar-refractivity contribution in [2.24, 2.45) is 5.73 Å². The molecule has 0 spiro atoms.